The molecule has 2 fully saturated rings. The van der Waals surface area contributed by atoms with E-state index < -0.39 is 48.2 Å². The van der Waals surface area contributed by atoms with Gasteiger partial charge in [0.15, 0.2) is 5.82 Å². The number of amides is 2. The zero-order valence-electron chi connectivity index (χ0n) is 23.7. The number of amidine groups is 1. The fourth-order valence-electron chi connectivity index (χ4n) is 5.46. The SMILES string of the molecule is O=C(NC1CCC(C(F)(F)F)CC1)c1cc2c(nc1OCCF)N=C(Nc1cc(CNC(=O)C3(C(F)(F)F)CC3)ccc1Cl)C2. The van der Waals surface area contributed by atoms with Crippen molar-refractivity contribution in [2.75, 3.05) is 18.6 Å². The largest absolute Gasteiger partial charge is 0.474 e. The van der Waals surface area contributed by atoms with Crippen molar-refractivity contribution in [1.29, 1.82) is 0 Å². The van der Waals surface area contributed by atoms with E-state index in [9.17, 15) is 40.3 Å². The van der Waals surface area contributed by atoms with Crippen molar-refractivity contribution < 1.29 is 45.1 Å². The summed E-state index contributed by atoms with van der Waals surface area (Å²) in [7, 11) is 0. The summed E-state index contributed by atoms with van der Waals surface area (Å²) in [5, 5.41) is 8.38. The van der Waals surface area contributed by atoms with Crippen LogP contribution < -0.4 is 20.7 Å². The summed E-state index contributed by atoms with van der Waals surface area (Å²) in [4.78, 5) is 34.1. The van der Waals surface area contributed by atoms with Gasteiger partial charge in [0.05, 0.1) is 16.6 Å². The highest BCUT2D eigenvalue weighted by atomic mass is 35.5. The number of nitrogens with zero attached hydrogens (tertiary/aromatic N) is 2. The number of carbonyl (C=O) groups excluding carboxylic acids is 2. The summed E-state index contributed by atoms with van der Waals surface area (Å²) < 4.78 is 97.1. The quantitative estimate of drug-likeness (QED) is 0.263. The molecule has 0 unspecified atom stereocenters. The van der Waals surface area contributed by atoms with E-state index in [0.29, 0.717) is 22.6 Å². The average molecular weight is 664 g/mol. The molecule has 16 heteroatoms. The van der Waals surface area contributed by atoms with Gasteiger partial charge in [-0.05, 0) is 62.3 Å². The molecular formula is C29H29ClF7N5O3. The van der Waals surface area contributed by atoms with Crippen LogP contribution in [0.4, 0.5) is 42.2 Å². The number of benzene rings is 1. The summed E-state index contributed by atoms with van der Waals surface area (Å²) in [6.45, 7) is -1.41. The van der Waals surface area contributed by atoms with Gasteiger partial charge in [-0.3, -0.25) is 9.59 Å². The predicted molar refractivity (Wildman–Crippen MR) is 150 cm³/mol. The Morgan fingerprint density at radius 2 is 1.76 bits per heavy atom. The van der Waals surface area contributed by atoms with E-state index in [4.69, 9.17) is 16.3 Å². The van der Waals surface area contributed by atoms with Crippen molar-refractivity contribution in [1.82, 2.24) is 15.6 Å². The first kappa shape index (κ1) is 32.8. The second kappa shape index (κ2) is 12.6. The van der Waals surface area contributed by atoms with E-state index in [1.54, 1.807) is 12.1 Å². The van der Waals surface area contributed by atoms with Crippen LogP contribution in [-0.2, 0) is 17.8 Å². The maximum atomic E-state index is 13.3. The third kappa shape index (κ3) is 7.28. The summed E-state index contributed by atoms with van der Waals surface area (Å²) in [5.41, 5.74) is -1.01. The van der Waals surface area contributed by atoms with Gasteiger partial charge in [-0.15, -0.1) is 0 Å². The molecule has 3 N–H and O–H groups in total. The Morgan fingerprint density at radius 3 is 2.38 bits per heavy atom. The number of carbonyl (C=O) groups is 2. The highest BCUT2D eigenvalue weighted by Gasteiger charge is 2.68. The number of rotatable bonds is 9. The molecule has 0 bridgehead atoms. The number of fused-ring (bicyclic) bond motifs is 1. The van der Waals surface area contributed by atoms with Crippen LogP contribution in [0.1, 0.15) is 60.0 Å². The van der Waals surface area contributed by atoms with Crippen LogP contribution in [0.15, 0.2) is 29.3 Å². The van der Waals surface area contributed by atoms with E-state index in [0.717, 1.165) is 0 Å². The van der Waals surface area contributed by atoms with E-state index in [1.165, 1.54) is 12.1 Å². The summed E-state index contributed by atoms with van der Waals surface area (Å²) >= 11 is 6.33. The number of anilines is 1. The normalized spacial score (nSPS) is 20.6. The smallest absolute Gasteiger partial charge is 0.403 e. The van der Waals surface area contributed by atoms with Crippen molar-refractivity contribution in [2.45, 2.75) is 69.9 Å². The molecule has 5 rings (SSSR count). The van der Waals surface area contributed by atoms with Gasteiger partial charge < -0.3 is 20.7 Å². The second-order valence-corrected chi connectivity index (χ2v) is 11.8. The standard InChI is InChI=1S/C29H29ClF7N5O3/c30-20-6-1-15(14-38-26(44)27(7-8-27)29(35,36)37)11-21(20)40-22-13-16-12-19(25(45-10-9-31)42-23(16)41-22)24(43)39-18-4-2-17(3-5-18)28(32,33)34/h1,6,11-12,17-18H,2-5,7-10,13-14H2,(H,38,44)(H,39,43)(H,40,41,42). The van der Waals surface area contributed by atoms with Gasteiger partial charge in [0, 0.05) is 24.6 Å². The third-order valence-corrected chi connectivity index (χ3v) is 8.55. The molecule has 1 aromatic carbocycles. The molecule has 45 heavy (non-hydrogen) atoms. The first-order valence-electron chi connectivity index (χ1n) is 14.3. The van der Waals surface area contributed by atoms with Crippen LogP contribution in [0.3, 0.4) is 0 Å². The van der Waals surface area contributed by atoms with Gasteiger partial charge in [0.1, 0.15) is 30.1 Å². The van der Waals surface area contributed by atoms with Crippen LogP contribution in [0, 0.1) is 11.3 Å². The van der Waals surface area contributed by atoms with E-state index in [1.807, 2.05) is 0 Å². The predicted octanol–water partition coefficient (Wildman–Crippen LogP) is 6.59. The molecule has 2 saturated carbocycles. The second-order valence-electron chi connectivity index (χ2n) is 11.4. The van der Waals surface area contributed by atoms with Crippen LogP contribution in [0.25, 0.3) is 0 Å². The number of aromatic nitrogens is 1. The number of halogens is 8. The number of pyridine rings is 1. The fourth-order valence-corrected chi connectivity index (χ4v) is 5.63. The summed E-state index contributed by atoms with van der Waals surface area (Å²) in [6.07, 6.45) is -9.15. The summed E-state index contributed by atoms with van der Waals surface area (Å²) in [5.74, 6) is -2.74. The number of aliphatic imine (C=N–C) groups is 1. The molecule has 3 aliphatic rings. The number of alkyl halides is 7. The van der Waals surface area contributed by atoms with Crippen molar-refractivity contribution in [3.05, 3.63) is 46.0 Å². The van der Waals surface area contributed by atoms with Gasteiger partial charge in [-0.2, -0.15) is 31.3 Å². The molecule has 0 radical (unpaired) electrons. The van der Waals surface area contributed by atoms with E-state index >= 15 is 0 Å². The number of hydrogen-bond donors (Lipinski definition) is 3. The molecule has 8 nitrogen and oxygen atoms in total. The van der Waals surface area contributed by atoms with Gasteiger partial charge in [-0.25, -0.2) is 9.38 Å². The fraction of sp³-hybridized carbons (Fsp3) is 0.517. The molecular weight excluding hydrogens is 635 g/mol. The molecule has 2 amide bonds. The van der Waals surface area contributed by atoms with E-state index in [2.05, 4.69) is 25.9 Å². The highest BCUT2D eigenvalue weighted by Crippen LogP contribution is 2.57. The van der Waals surface area contributed by atoms with Gasteiger partial charge in [0.2, 0.25) is 11.8 Å². The lowest BCUT2D eigenvalue weighted by Gasteiger charge is -2.30. The van der Waals surface area contributed by atoms with Crippen LogP contribution in [0.5, 0.6) is 5.88 Å². The Balaban J connectivity index is 1.25. The molecule has 2 aromatic rings. The van der Waals surface area contributed by atoms with Crippen molar-refractivity contribution >= 4 is 40.8 Å². The zero-order chi connectivity index (χ0) is 32.6. The first-order chi connectivity index (χ1) is 21.2. The molecule has 2 heterocycles. The molecule has 244 valence electrons. The lowest BCUT2D eigenvalue weighted by molar-refractivity contribution is -0.192. The molecule has 1 aliphatic heterocycles. The van der Waals surface area contributed by atoms with Crippen molar-refractivity contribution in [3.63, 3.8) is 0 Å². The maximum Gasteiger partial charge on any atom is 0.403 e. The van der Waals surface area contributed by atoms with Crippen molar-refractivity contribution in [3.8, 4) is 5.88 Å². The van der Waals surface area contributed by atoms with E-state index in [-0.39, 0.29) is 80.4 Å². The van der Waals surface area contributed by atoms with Crippen LogP contribution >= 0.6 is 11.6 Å². The van der Waals surface area contributed by atoms with Crippen molar-refractivity contribution in [2.24, 2.45) is 16.3 Å². The molecule has 2 aliphatic carbocycles. The minimum Gasteiger partial charge on any atom is -0.474 e. The number of ether oxygens (including phenoxy) is 1. The monoisotopic (exact) mass is 663 g/mol. The molecule has 0 saturated heterocycles. The van der Waals surface area contributed by atoms with Gasteiger partial charge >= 0.3 is 12.4 Å². The Hall–Kier alpha value is -3.62. The minimum atomic E-state index is -4.62. The highest BCUT2D eigenvalue weighted by molar-refractivity contribution is 6.33. The van der Waals surface area contributed by atoms with Gasteiger partial charge in [-0.1, -0.05) is 17.7 Å². The Kier molecular flexibility index (Phi) is 9.20. The first-order valence-corrected chi connectivity index (χ1v) is 14.7. The molecule has 0 atom stereocenters. The lowest BCUT2D eigenvalue weighted by Crippen LogP contribution is -2.40. The molecule has 1 aromatic heterocycles. The Bertz CT molecular complexity index is 1490. The Labute approximate surface area is 258 Å². The maximum absolute atomic E-state index is 13.3. The zero-order valence-corrected chi connectivity index (χ0v) is 24.4. The summed E-state index contributed by atoms with van der Waals surface area (Å²) in [6, 6.07) is 5.62. The Morgan fingerprint density at radius 1 is 1.04 bits per heavy atom. The average Bonchev–Trinajstić information content (AvgIpc) is 3.72. The van der Waals surface area contributed by atoms with Crippen LogP contribution in [0.2, 0.25) is 5.02 Å². The van der Waals surface area contributed by atoms with Gasteiger partial charge in [0.25, 0.3) is 5.91 Å². The van der Waals surface area contributed by atoms with Crippen LogP contribution in [-0.4, -0.2) is 54.3 Å². The number of hydrogen-bond acceptors (Lipinski definition) is 6. The lowest BCUT2D eigenvalue weighted by atomic mass is 9.85. The number of nitrogens with one attached hydrogen (secondary N) is 3. The minimum absolute atomic E-state index is 0.0142. The topological polar surface area (TPSA) is 105 Å². The molecule has 0 spiro atoms. The third-order valence-electron chi connectivity index (χ3n) is 8.22.